The first-order valence-electron chi connectivity index (χ1n) is 7.11. The predicted molar refractivity (Wildman–Crippen MR) is 86.1 cm³/mol. The summed E-state index contributed by atoms with van der Waals surface area (Å²) in [6.45, 7) is 8.32. The third-order valence-corrected chi connectivity index (χ3v) is 3.45. The van der Waals surface area contributed by atoms with Gasteiger partial charge in [-0.2, -0.15) is 0 Å². The Bertz CT molecular complexity index is 490. The van der Waals surface area contributed by atoms with E-state index in [4.69, 9.17) is 21.1 Å². The molecule has 0 spiro atoms. The van der Waals surface area contributed by atoms with Crippen LogP contribution in [0.1, 0.15) is 34.1 Å². The van der Waals surface area contributed by atoms with E-state index >= 15 is 0 Å². The number of anilines is 1. The first-order valence-corrected chi connectivity index (χ1v) is 7.49. The van der Waals surface area contributed by atoms with Crippen LogP contribution in [0.5, 0.6) is 5.75 Å². The molecule has 0 bridgehead atoms. The van der Waals surface area contributed by atoms with Crippen LogP contribution in [0.15, 0.2) is 18.2 Å². The van der Waals surface area contributed by atoms with Crippen molar-refractivity contribution in [3.8, 4) is 5.75 Å². The van der Waals surface area contributed by atoms with Crippen molar-refractivity contribution in [3.05, 3.63) is 23.2 Å². The van der Waals surface area contributed by atoms with E-state index in [1.807, 2.05) is 13.8 Å². The Morgan fingerprint density at radius 2 is 2.10 bits per heavy atom. The first kappa shape index (κ1) is 17.8. The summed E-state index contributed by atoms with van der Waals surface area (Å²) in [7, 11) is 1.55. The Kier molecular flexibility index (Phi) is 6.49. The smallest absolute Gasteiger partial charge is 0.256 e. The summed E-state index contributed by atoms with van der Waals surface area (Å²) in [5, 5.41) is 3.32. The molecule has 5 heteroatoms. The van der Waals surface area contributed by atoms with Gasteiger partial charge < -0.3 is 14.8 Å². The van der Waals surface area contributed by atoms with Gasteiger partial charge in [0.1, 0.15) is 11.4 Å². The molecule has 1 amide bonds. The number of halogens is 1. The van der Waals surface area contributed by atoms with Crippen molar-refractivity contribution in [1.82, 2.24) is 0 Å². The molecule has 21 heavy (non-hydrogen) atoms. The topological polar surface area (TPSA) is 47.6 Å². The molecule has 1 rings (SSSR count). The summed E-state index contributed by atoms with van der Waals surface area (Å²) in [6.07, 6.45) is 0.649. The lowest BCUT2D eigenvalue weighted by molar-refractivity contribution is -0.140. The van der Waals surface area contributed by atoms with Crippen molar-refractivity contribution in [2.45, 2.75) is 39.7 Å². The lowest BCUT2D eigenvalue weighted by atomic mass is 9.93. The zero-order chi connectivity index (χ0) is 16.0. The zero-order valence-electron chi connectivity index (χ0n) is 13.3. The van der Waals surface area contributed by atoms with Crippen LogP contribution in [0, 0.1) is 5.92 Å². The Morgan fingerprint density at radius 3 is 2.57 bits per heavy atom. The predicted octanol–water partition coefficient (Wildman–Crippen LogP) is 4.13. The molecule has 1 atom stereocenters. The lowest BCUT2D eigenvalue weighted by Crippen LogP contribution is -2.43. The molecular weight excluding hydrogens is 290 g/mol. The van der Waals surface area contributed by atoms with E-state index in [2.05, 4.69) is 19.2 Å². The van der Waals surface area contributed by atoms with Crippen LogP contribution in [0.4, 0.5) is 5.69 Å². The van der Waals surface area contributed by atoms with Crippen LogP contribution < -0.4 is 10.1 Å². The van der Waals surface area contributed by atoms with Gasteiger partial charge in [-0.1, -0.05) is 25.4 Å². The largest absolute Gasteiger partial charge is 0.495 e. The molecular formula is C16H24ClNO3. The monoisotopic (exact) mass is 313 g/mol. The average Bonchev–Trinajstić information content (AvgIpc) is 2.38. The van der Waals surface area contributed by atoms with Crippen molar-refractivity contribution in [2.24, 2.45) is 5.92 Å². The Balaban J connectivity index is 2.88. The van der Waals surface area contributed by atoms with E-state index in [9.17, 15) is 4.79 Å². The molecule has 4 nitrogen and oxygen atoms in total. The van der Waals surface area contributed by atoms with Gasteiger partial charge in [-0.3, -0.25) is 4.79 Å². The highest BCUT2D eigenvalue weighted by Crippen LogP contribution is 2.29. The van der Waals surface area contributed by atoms with Gasteiger partial charge in [0.25, 0.3) is 5.91 Å². The number of benzene rings is 1. The Hall–Kier alpha value is -1.26. The Labute approximate surface area is 131 Å². The van der Waals surface area contributed by atoms with Gasteiger partial charge in [0, 0.05) is 12.3 Å². The van der Waals surface area contributed by atoms with Crippen molar-refractivity contribution < 1.29 is 14.3 Å². The number of methoxy groups -OCH3 is 1. The van der Waals surface area contributed by atoms with Crippen LogP contribution >= 0.6 is 11.6 Å². The maximum atomic E-state index is 12.5. The normalized spacial score (nSPS) is 13.9. The van der Waals surface area contributed by atoms with Gasteiger partial charge in [0.05, 0.1) is 12.1 Å². The number of hydrogen-bond acceptors (Lipinski definition) is 3. The quantitative estimate of drug-likeness (QED) is 0.823. The number of carbonyl (C=O) groups is 1. The van der Waals surface area contributed by atoms with Gasteiger partial charge in [-0.25, -0.2) is 0 Å². The summed E-state index contributed by atoms with van der Waals surface area (Å²) >= 11 is 6.07. The second-order valence-electron chi connectivity index (χ2n) is 5.57. The highest BCUT2D eigenvalue weighted by Gasteiger charge is 2.34. The summed E-state index contributed by atoms with van der Waals surface area (Å²) < 4.78 is 10.8. The van der Waals surface area contributed by atoms with Crippen molar-refractivity contribution >= 4 is 23.2 Å². The third-order valence-electron chi connectivity index (χ3n) is 3.15. The number of rotatable bonds is 7. The van der Waals surface area contributed by atoms with Crippen molar-refractivity contribution in [2.75, 3.05) is 19.0 Å². The number of carbonyl (C=O) groups excluding carboxylic acids is 1. The zero-order valence-corrected chi connectivity index (χ0v) is 14.1. The van der Waals surface area contributed by atoms with Gasteiger partial charge in [0.15, 0.2) is 0 Å². The summed E-state index contributed by atoms with van der Waals surface area (Å²) in [6, 6.07) is 5.14. The molecule has 0 aliphatic heterocycles. The number of ether oxygens (including phenoxy) is 2. The Morgan fingerprint density at radius 1 is 1.43 bits per heavy atom. The van der Waals surface area contributed by atoms with Gasteiger partial charge in [-0.05, 0) is 44.4 Å². The van der Waals surface area contributed by atoms with E-state index in [0.717, 1.165) is 0 Å². The highest BCUT2D eigenvalue weighted by molar-refractivity contribution is 6.32. The summed E-state index contributed by atoms with van der Waals surface area (Å²) in [5.74, 6) is 0.760. The molecule has 0 radical (unpaired) electrons. The SMILES string of the molecule is CCO[C@@](C)(CC(C)C)C(=O)Nc1ccc(OC)c(Cl)c1. The molecule has 1 N–H and O–H groups in total. The molecule has 0 heterocycles. The maximum Gasteiger partial charge on any atom is 0.256 e. The minimum atomic E-state index is -0.852. The molecule has 0 saturated heterocycles. The van der Waals surface area contributed by atoms with Crippen LogP contribution in [-0.2, 0) is 9.53 Å². The maximum absolute atomic E-state index is 12.5. The van der Waals surface area contributed by atoms with E-state index in [-0.39, 0.29) is 5.91 Å². The van der Waals surface area contributed by atoms with E-state index in [0.29, 0.717) is 35.4 Å². The van der Waals surface area contributed by atoms with E-state index < -0.39 is 5.60 Å². The molecule has 0 aliphatic rings. The first-order chi connectivity index (χ1) is 9.82. The molecule has 1 aromatic carbocycles. The van der Waals surface area contributed by atoms with Gasteiger partial charge >= 0.3 is 0 Å². The number of nitrogens with one attached hydrogen (secondary N) is 1. The minimum Gasteiger partial charge on any atom is -0.495 e. The third kappa shape index (κ3) is 4.90. The van der Waals surface area contributed by atoms with Crippen LogP contribution in [0.25, 0.3) is 0 Å². The fourth-order valence-corrected chi connectivity index (χ4v) is 2.58. The molecule has 0 aromatic heterocycles. The number of hydrogen-bond donors (Lipinski definition) is 1. The molecule has 0 unspecified atom stereocenters. The summed E-state index contributed by atoms with van der Waals surface area (Å²) in [4.78, 5) is 12.5. The molecule has 0 saturated carbocycles. The van der Waals surface area contributed by atoms with Gasteiger partial charge in [0.2, 0.25) is 0 Å². The van der Waals surface area contributed by atoms with Crippen LogP contribution in [0.3, 0.4) is 0 Å². The van der Waals surface area contributed by atoms with Crippen LogP contribution in [-0.4, -0.2) is 25.2 Å². The van der Waals surface area contributed by atoms with Crippen LogP contribution in [0.2, 0.25) is 5.02 Å². The second kappa shape index (κ2) is 7.66. The van der Waals surface area contributed by atoms with E-state index in [1.54, 1.807) is 25.3 Å². The molecule has 0 fully saturated rings. The molecule has 1 aromatic rings. The lowest BCUT2D eigenvalue weighted by Gasteiger charge is -2.30. The van der Waals surface area contributed by atoms with Crippen molar-refractivity contribution in [3.63, 3.8) is 0 Å². The van der Waals surface area contributed by atoms with Crippen molar-refractivity contribution in [1.29, 1.82) is 0 Å². The standard InChI is InChI=1S/C16H24ClNO3/c1-6-21-16(4,10-11(2)3)15(19)18-12-7-8-14(20-5)13(17)9-12/h7-9,11H,6,10H2,1-5H3,(H,18,19)/t16-/m0/s1. The average molecular weight is 314 g/mol. The second-order valence-corrected chi connectivity index (χ2v) is 5.97. The minimum absolute atomic E-state index is 0.167. The molecule has 118 valence electrons. The number of amides is 1. The van der Waals surface area contributed by atoms with E-state index in [1.165, 1.54) is 0 Å². The highest BCUT2D eigenvalue weighted by atomic mass is 35.5. The fraction of sp³-hybridized carbons (Fsp3) is 0.562. The fourth-order valence-electron chi connectivity index (χ4n) is 2.32. The van der Waals surface area contributed by atoms with Gasteiger partial charge in [-0.15, -0.1) is 0 Å². The molecule has 0 aliphatic carbocycles. The summed E-state index contributed by atoms with van der Waals surface area (Å²) in [5.41, 5.74) is -0.226.